The van der Waals surface area contributed by atoms with E-state index in [2.05, 4.69) is 34.9 Å². The van der Waals surface area contributed by atoms with E-state index in [1.807, 2.05) is 67.6 Å². The Hall–Kier alpha value is -3.11. The van der Waals surface area contributed by atoms with Gasteiger partial charge in [0.1, 0.15) is 5.75 Å². The molecule has 0 aliphatic heterocycles. The van der Waals surface area contributed by atoms with Crippen LogP contribution in [0.25, 0.3) is 0 Å². The molecule has 0 saturated carbocycles. The van der Waals surface area contributed by atoms with Crippen LogP contribution in [-0.4, -0.2) is 19.1 Å². The van der Waals surface area contributed by atoms with Gasteiger partial charge in [-0.2, -0.15) is 0 Å². The van der Waals surface area contributed by atoms with Gasteiger partial charge in [-0.25, -0.2) is 0 Å². The Labute approximate surface area is 160 Å². The molecule has 3 rings (SSSR count). The second kappa shape index (κ2) is 9.01. The maximum absolute atomic E-state index is 12.7. The SMILES string of the molecule is COc1ccccc1NC(=O)[C@@H](C)NC(c1ccccc1)c1ccccc1. The third-order valence-corrected chi connectivity index (χ3v) is 4.44. The largest absolute Gasteiger partial charge is 0.495 e. The van der Waals surface area contributed by atoms with E-state index in [1.54, 1.807) is 7.11 Å². The van der Waals surface area contributed by atoms with Gasteiger partial charge in [0.15, 0.2) is 0 Å². The van der Waals surface area contributed by atoms with Gasteiger partial charge in [0.25, 0.3) is 0 Å². The lowest BCUT2D eigenvalue weighted by Crippen LogP contribution is -2.40. The first-order valence-electron chi connectivity index (χ1n) is 8.99. The highest BCUT2D eigenvalue weighted by Gasteiger charge is 2.21. The van der Waals surface area contributed by atoms with Gasteiger partial charge in [-0.3, -0.25) is 10.1 Å². The zero-order chi connectivity index (χ0) is 19.1. The van der Waals surface area contributed by atoms with Crippen LogP contribution in [0.15, 0.2) is 84.9 Å². The molecule has 0 bridgehead atoms. The van der Waals surface area contributed by atoms with E-state index in [-0.39, 0.29) is 11.9 Å². The maximum Gasteiger partial charge on any atom is 0.241 e. The summed E-state index contributed by atoms with van der Waals surface area (Å²) in [4.78, 5) is 12.7. The first kappa shape index (κ1) is 18.7. The minimum absolute atomic E-state index is 0.0779. The Bertz CT molecular complexity index is 826. The molecule has 0 aliphatic carbocycles. The van der Waals surface area contributed by atoms with Gasteiger partial charge in [0, 0.05) is 0 Å². The molecule has 1 atom stereocenters. The molecule has 0 fully saturated rings. The van der Waals surface area contributed by atoms with Crippen LogP contribution >= 0.6 is 0 Å². The van der Waals surface area contributed by atoms with Gasteiger partial charge in [0.2, 0.25) is 5.91 Å². The van der Waals surface area contributed by atoms with Crippen molar-refractivity contribution < 1.29 is 9.53 Å². The first-order valence-corrected chi connectivity index (χ1v) is 8.99. The maximum atomic E-state index is 12.7. The molecule has 2 N–H and O–H groups in total. The Morgan fingerprint density at radius 2 is 1.33 bits per heavy atom. The summed E-state index contributed by atoms with van der Waals surface area (Å²) in [5.41, 5.74) is 2.89. The number of nitrogens with one attached hydrogen (secondary N) is 2. The highest BCUT2D eigenvalue weighted by atomic mass is 16.5. The van der Waals surface area contributed by atoms with Crippen LogP contribution in [0.4, 0.5) is 5.69 Å². The fourth-order valence-corrected chi connectivity index (χ4v) is 2.99. The third-order valence-electron chi connectivity index (χ3n) is 4.44. The van der Waals surface area contributed by atoms with E-state index in [0.29, 0.717) is 11.4 Å². The highest BCUT2D eigenvalue weighted by molar-refractivity contribution is 5.95. The monoisotopic (exact) mass is 360 g/mol. The molecular weight excluding hydrogens is 336 g/mol. The molecule has 0 spiro atoms. The van der Waals surface area contributed by atoms with Crippen LogP contribution in [0.2, 0.25) is 0 Å². The number of rotatable bonds is 7. The summed E-state index contributed by atoms with van der Waals surface area (Å²) in [6.45, 7) is 1.86. The van der Waals surface area contributed by atoms with E-state index < -0.39 is 6.04 Å². The predicted octanol–water partition coefficient (Wildman–Crippen LogP) is 4.40. The quantitative estimate of drug-likeness (QED) is 0.656. The summed E-state index contributed by atoms with van der Waals surface area (Å²) in [5, 5.41) is 6.40. The second-order valence-corrected chi connectivity index (χ2v) is 6.33. The lowest BCUT2D eigenvalue weighted by Gasteiger charge is -2.24. The molecule has 0 aliphatic rings. The van der Waals surface area contributed by atoms with Gasteiger partial charge in [0.05, 0.1) is 24.9 Å². The number of anilines is 1. The fraction of sp³-hybridized carbons (Fsp3) is 0.174. The van der Waals surface area contributed by atoms with Gasteiger partial charge < -0.3 is 10.1 Å². The Morgan fingerprint density at radius 3 is 1.89 bits per heavy atom. The van der Waals surface area contributed by atoms with Crippen LogP contribution in [-0.2, 0) is 4.79 Å². The van der Waals surface area contributed by atoms with Crippen LogP contribution in [0.5, 0.6) is 5.75 Å². The molecule has 0 aromatic heterocycles. The van der Waals surface area contributed by atoms with Crippen molar-refractivity contribution in [3.8, 4) is 5.75 Å². The van der Waals surface area contributed by atoms with Crippen molar-refractivity contribution in [3.63, 3.8) is 0 Å². The van der Waals surface area contributed by atoms with Gasteiger partial charge in [-0.15, -0.1) is 0 Å². The second-order valence-electron chi connectivity index (χ2n) is 6.33. The molecule has 0 heterocycles. The van der Waals surface area contributed by atoms with Crippen molar-refractivity contribution in [2.24, 2.45) is 0 Å². The standard InChI is InChI=1S/C23H24N2O2/c1-17(23(26)25-20-15-9-10-16-21(20)27-2)24-22(18-11-5-3-6-12-18)19-13-7-4-8-14-19/h3-17,22,24H,1-2H3,(H,25,26)/t17-/m1/s1. The Kier molecular flexibility index (Phi) is 6.23. The minimum atomic E-state index is -0.402. The van der Waals surface area contributed by atoms with E-state index in [1.165, 1.54) is 0 Å². The number of para-hydroxylation sites is 2. The minimum Gasteiger partial charge on any atom is -0.495 e. The van der Waals surface area contributed by atoms with Crippen molar-refractivity contribution in [1.82, 2.24) is 5.32 Å². The van der Waals surface area contributed by atoms with E-state index in [4.69, 9.17) is 4.74 Å². The van der Waals surface area contributed by atoms with Crippen molar-refractivity contribution in [3.05, 3.63) is 96.1 Å². The molecule has 27 heavy (non-hydrogen) atoms. The summed E-state index contributed by atoms with van der Waals surface area (Å²) in [5.74, 6) is 0.525. The van der Waals surface area contributed by atoms with Crippen LogP contribution in [0.1, 0.15) is 24.1 Å². The lowest BCUT2D eigenvalue weighted by atomic mass is 9.98. The summed E-state index contributed by atoms with van der Waals surface area (Å²) >= 11 is 0. The fourth-order valence-electron chi connectivity index (χ4n) is 2.99. The van der Waals surface area contributed by atoms with E-state index in [0.717, 1.165) is 11.1 Å². The molecule has 0 unspecified atom stereocenters. The van der Waals surface area contributed by atoms with Crippen LogP contribution in [0, 0.1) is 0 Å². The third kappa shape index (κ3) is 4.74. The molecule has 4 nitrogen and oxygen atoms in total. The Balaban J connectivity index is 1.78. The number of carbonyl (C=O) groups is 1. The molecule has 1 amide bonds. The molecule has 0 radical (unpaired) electrons. The zero-order valence-corrected chi connectivity index (χ0v) is 15.6. The molecule has 3 aromatic carbocycles. The topological polar surface area (TPSA) is 50.4 Å². The molecular formula is C23H24N2O2. The van der Waals surface area contributed by atoms with E-state index >= 15 is 0 Å². The summed E-state index contributed by atoms with van der Waals surface area (Å²) in [6.07, 6.45) is 0. The van der Waals surface area contributed by atoms with Crippen molar-refractivity contribution in [1.29, 1.82) is 0 Å². The summed E-state index contributed by atoms with van der Waals surface area (Å²) in [7, 11) is 1.59. The average Bonchev–Trinajstić information content (AvgIpc) is 2.73. The summed E-state index contributed by atoms with van der Waals surface area (Å²) in [6, 6.07) is 27.2. The number of hydrogen-bond donors (Lipinski definition) is 2. The zero-order valence-electron chi connectivity index (χ0n) is 15.6. The molecule has 138 valence electrons. The van der Waals surface area contributed by atoms with Crippen molar-refractivity contribution in [2.45, 2.75) is 19.0 Å². The van der Waals surface area contributed by atoms with Gasteiger partial charge in [-0.05, 0) is 30.2 Å². The predicted molar refractivity (Wildman–Crippen MR) is 109 cm³/mol. The number of carbonyl (C=O) groups excluding carboxylic acids is 1. The smallest absolute Gasteiger partial charge is 0.241 e. The van der Waals surface area contributed by atoms with E-state index in [9.17, 15) is 4.79 Å². The van der Waals surface area contributed by atoms with Crippen LogP contribution in [0.3, 0.4) is 0 Å². The number of methoxy groups -OCH3 is 1. The van der Waals surface area contributed by atoms with Crippen molar-refractivity contribution >= 4 is 11.6 Å². The van der Waals surface area contributed by atoms with Gasteiger partial charge in [-0.1, -0.05) is 72.8 Å². The average molecular weight is 360 g/mol. The Morgan fingerprint density at radius 1 is 0.815 bits per heavy atom. The highest BCUT2D eigenvalue weighted by Crippen LogP contribution is 2.25. The summed E-state index contributed by atoms with van der Waals surface area (Å²) < 4.78 is 5.31. The van der Waals surface area contributed by atoms with Crippen LogP contribution < -0.4 is 15.4 Å². The normalized spacial score (nSPS) is 11.8. The molecule has 4 heteroatoms. The number of benzene rings is 3. The molecule has 3 aromatic rings. The molecule has 0 saturated heterocycles. The lowest BCUT2D eigenvalue weighted by molar-refractivity contribution is -0.117. The van der Waals surface area contributed by atoms with Gasteiger partial charge >= 0.3 is 0 Å². The van der Waals surface area contributed by atoms with Crippen molar-refractivity contribution in [2.75, 3.05) is 12.4 Å². The first-order chi connectivity index (χ1) is 13.2. The number of amides is 1. The number of ether oxygens (including phenoxy) is 1. The number of hydrogen-bond acceptors (Lipinski definition) is 3.